The number of nitrogens with zero attached hydrogens (tertiary/aromatic N) is 4. The fraction of sp³-hybridized carbons (Fsp3) is 0.333. The van der Waals surface area contributed by atoms with Crippen LogP contribution in [0.15, 0.2) is 35.6 Å². The quantitative estimate of drug-likeness (QED) is 0.688. The standard InChI is InChI=1S/C15H19Cl2N5/c1-18-15(19-7-12-8-20-22(3)10-12)21(2)9-11-4-5-13(16)14(17)6-11/h4-6,8,10H,7,9H2,1-3H3,(H,18,19). The molecule has 0 saturated carbocycles. The third-order valence-electron chi connectivity index (χ3n) is 3.19. The van der Waals surface area contributed by atoms with Crippen molar-refractivity contribution in [1.29, 1.82) is 0 Å². The lowest BCUT2D eigenvalue weighted by molar-refractivity contribution is 0.476. The normalized spacial score (nSPS) is 11.6. The van der Waals surface area contributed by atoms with E-state index >= 15 is 0 Å². The molecule has 1 heterocycles. The van der Waals surface area contributed by atoms with Crippen LogP contribution in [-0.2, 0) is 20.1 Å². The molecule has 0 radical (unpaired) electrons. The number of nitrogens with one attached hydrogen (secondary N) is 1. The summed E-state index contributed by atoms with van der Waals surface area (Å²) in [6, 6.07) is 5.63. The molecule has 0 unspecified atom stereocenters. The van der Waals surface area contributed by atoms with E-state index < -0.39 is 0 Å². The Morgan fingerprint density at radius 3 is 2.68 bits per heavy atom. The van der Waals surface area contributed by atoms with Gasteiger partial charge in [0.1, 0.15) is 0 Å². The van der Waals surface area contributed by atoms with Crippen LogP contribution in [0.25, 0.3) is 0 Å². The van der Waals surface area contributed by atoms with Crippen LogP contribution in [-0.4, -0.2) is 34.7 Å². The summed E-state index contributed by atoms with van der Waals surface area (Å²) in [5.74, 6) is 0.801. The van der Waals surface area contributed by atoms with Gasteiger partial charge in [0.25, 0.3) is 0 Å². The van der Waals surface area contributed by atoms with Gasteiger partial charge in [0.2, 0.25) is 0 Å². The van der Waals surface area contributed by atoms with E-state index in [1.807, 2.05) is 43.5 Å². The first-order chi connectivity index (χ1) is 10.5. The molecule has 0 amide bonds. The monoisotopic (exact) mass is 339 g/mol. The summed E-state index contributed by atoms with van der Waals surface area (Å²) >= 11 is 12.0. The molecule has 5 nitrogen and oxygen atoms in total. The molecule has 0 saturated heterocycles. The molecule has 0 aliphatic carbocycles. The van der Waals surface area contributed by atoms with Crippen molar-refractivity contribution in [3.63, 3.8) is 0 Å². The predicted molar refractivity (Wildman–Crippen MR) is 91.3 cm³/mol. The first-order valence-electron chi connectivity index (χ1n) is 6.83. The highest BCUT2D eigenvalue weighted by Gasteiger charge is 2.08. The number of rotatable bonds is 4. The van der Waals surface area contributed by atoms with Crippen LogP contribution in [0.3, 0.4) is 0 Å². The van der Waals surface area contributed by atoms with E-state index in [-0.39, 0.29) is 0 Å². The molecule has 2 rings (SSSR count). The molecular weight excluding hydrogens is 321 g/mol. The first kappa shape index (κ1) is 16.6. The maximum absolute atomic E-state index is 6.05. The Morgan fingerprint density at radius 2 is 2.09 bits per heavy atom. The molecule has 0 fully saturated rings. The average Bonchev–Trinajstić information content (AvgIpc) is 2.89. The fourth-order valence-electron chi connectivity index (χ4n) is 2.12. The summed E-state index contributed by atoms with van der Waals surface area (Å²) in [6.45, 7) is 1.36. The molecule has 118 valence electrons. The SMILES string of the molecule is CN=C(NCc1cnn(C)c1)N(C)Cc1ccc(Cl)c(Cl)c1. The summed E-state index contributed by atoms with van der Waals surface area (Å²) in [5, 5.41) is 8.58. The number of benzene rings is 1. The highest BCUT2D eigenvalue weighted by molar-refractivity contribution is 6.42. The van der Waals surface area contributed by atoms with Gasteiger partial charge in [0.15, 0.2) is 5.96 Å². The van der Waals surface area contributed by atoms with Crippen molar-refractivity contribution in [2.45, 2.75) is 13.1 Å². The minimum Gasteiger partial charge on any atom is -0.352 e. The third-order valence-corrected chi connectivity index (χ3v) is 3.93. The van der Waals surface area contributed by atoms with Crippen LogP contribution >= 0.6 is 23.2 Å². The Bertz CT molecular complexity index is 666. The van der Waals surface area contributed by atoms with E-state index in [1.54, 1.807) is 17.8 Å². The van der Waals surface area contributed by atoms with Crippen LogP contribution < -0.4 is 5.32 Å². The van der Waals surface area contributed by atoms with Crippen LogP contribution in [0.4, 0.5) is 0 Å². The average molecular weight is 340 g/mol. The van der Waals surface area contributed by atoms with Crippen LogP contribution in [0, 0.1) is 0 Å². The molecule has 0 aliphatic rings. The minimum absolute atomic E-state index is 0.561. The Balaban J connectivity index is 1.96. The smallest absolute Gasteiger partial charge is 0.193 e. The van der Waals surface area contributed by atoms with Crippen molar-refractivity contribution in [3.05, 3.63) is 51.8 Å². The molecular formula is C15H19Cl2N5. The Morgan fingerprint density at radius 1 is 1.32 bits per heavy atom. The highest BCUT2D eigenvalue weighted by Crippen LogP contribution is 2.23. The lowest BCUT2D eigenvalue weighted by atomic mass is 10.2. The fourth-order valence-corrected chi connectivity index (χ4v) is 2.44. The molecule has 0 atom stereocenters. The van der Waals surface area contributed by atoms with Gasteiger partial charge in [0, 0.05) is 46.0 Å². The molecule has 1 aromatic heterocycles. The van der Waals surface area contributed by atoms with E-state index in [9.17, 15) is 0 Å². The van der Waals surface area contributed by atoms with Gasteiger partial charge in [-0.05, 0) is 17.7 Å². The van der Waals surface area contributed by atoms with Gasteiger partial charge in [-0.25, -0.2) is 0 Å². The van der Waals surface area contributed by atoms with E-state index in [1.165, 1.54) is 0 Å². The van der Waals surface area contributed by atoms with Gasteiger partial charge in [-0.3, -0.25) is 9.67 Å². The summed E-state index contributed by atoms with van der Waals surface area (Å²) in [7, 11) is 5.63. The maximum atomic E-state index is 6.05. The predicted octanol–water partition coefficient (Wildman–Crippen LogP) is 2.93. The highest BCUT2D eigenvalue weighted by atomic mass is 35.5. The van der Waals surface area contributed by atoms with Gasteiger partial charge >= 0.3 is 0 Å². The van der Waals surface area contributed by atoms with Gasteiger partial charge < -0.3 is 10.2 Å². The number of aryl methyl sites for hydroxylation is 1. The lowest BCUT2D eigenvalue weighted by Gasteiger charge is -2.22. The van der Waals surface area contributed by atoms with Gasteiger partial charge in [-0.1, -0.05) is 29.3 Å². The van der Waals surface area contributed by atoms with E-state index in [0.717, 1.165) is 17.1 Å². The first-order valence-corrected chi connectivity index (χ1v) is 7.58. The topological polar surface area (TPSA) is 45.5 Å². The lowest BCUT2D eigenvalue weighted by Crippen LogP contribution is -2.37. The van der Waals surface area contributed by atoms with E-state index in [2.05, 4.69) is 15.4 Å². The van der Waals surface area contributed by atoms with Crippen LogP contribution in [0.1, 0.15) is 11.1 Å². The van der Waals surface area contributed by atoms with Crippen molar-refractivity contribution in [3.8, 4) is 0 Å². The van der Waals surface area contributed by atoms with Crippen molar-refractivity contribution in [2.24, 2.45) is 12.0 Å². The van der Waals surface area contributed by atoms with Crippen LogP contribution in [0.2, 0.25) is 10.0 Å². The van der Waals surface area contributed by atoms with Gasteiger partial charge in [-0.2, -0.15) is 5.10 Å². The number of guanidine groups is 1. The van der Waals surface area contributed by atoms with Crippen molar-refractivity contribution >= 4 is 29.2 Å². The largest absolute Gasteiger partial charge is 0.352 e. The Kier molecular flexibility index (Phi) is 5.69. The summed E-state index contributed by atoms with van der Waals surface area (Å²) < 4.78 is 1.78. The van der Waals surface area contributed by atoms with E-state index in [4.69, 9.17) is 23.2 Å². The second kappa shape index (κ2) is 7.51. The number of aromatic nitrogens is 2. The van der Waals surface area contributed by atoms with Crippen LogP contribution in [0.5, 0.6) is 0 Å². The second-order valence-corrected chi connectivity index (χ2v) is 5.84. The second-order valence-electron chi connectivity index (χ2n) is 5.03. The molecule has 1 aromatic carbocycles. The van der Waals surface area contributed by atoms with Gasteiger partial charge in [0.05, 0.1) is 16.2 Å². The summed E-state index contributed by atoms with van der Waals surface area (Å²) in [4.78, 5) is 6.31. The van der Waals surface area contributed by atoms with Crippen molar-refractivity contribution < 1.29 is 0 Å². The third kappa shape index (κ3) is 4.39. The maximum Gasteiger partial charge on any atom is 0.193 e. The number of hydrogen-bond donors (Lipinski definition) is 1. The molecule has 2 aromatic rings. The number of hydrogen-bond acceptors (Lipinski definition) is 2. The number of halogens is 2. The number of aliphatic imine (C=N–C) groups is 1. The summed E-state index contributed by atoms with van der Waals surface area (Å²) in [5.41, 5.74) is 2.17. The Hall–Kier alpha value is -1.72. The van der Waals surface area contributed by atoms with Crippen molar-refractivity contribution in [2.75, 3.05) is 14.1 Å². The van der Waals surface area contributed by atoms with Crippen molar-refractivity contribution in [1.82, 2.24) is 20.0 Å². The van der Waals surface area contributed by atoms with E-state index in [0.29, 0.717) is 23.1 Å². The van der Waals surface area contributed by atoms with Gasteiger partial charge in [-0.15, -0.1) is 0 Å². The minimum atomic E-state index is 0.561. The molecule has 0 bridgehead atoms. The molecule has 0 aliphatic heterocycles. The zero-order valence-electron chi connectivity index (χ0n) is 12.8. The Labute approximate surface area is 140 Å². The summed E-state index contributed by atoms with van der Waals surface area (Å²) in [6.07, 6.45) is 3.80. The molecule has 0 spiro atoms. The molecule has 7 heteroatoms. The molecule has 22 heavy (non-hydrogen) atoms. The molecule has 1 N–H and O–H groups in total. The zero-order chi connectivity index (χ0) is 16.1. The zero-order valence-corrected chi connectivity index (χ0v) is 14.4.